The molecule has 2 rings (SSSR count). The van der Waals surface area contributed by atoms with E-state index in [2.05, 4.69) is 10.3 Å². The van der Waals surface area contributed by atoms with Crippen molar-refractivity contribution in [3.05, 3.63) is 11.4 Å². The standard InChI is InChI=1S/C11H17F3N4/c12-11(13,14)10-9(4-6-15)16-17-18(10)7-5-8-2-1-3-8/h8H,1-7,15H2. The van der Waals surface area contributed by atoms with Crippen LogP contribution in [0.5, 0.6) is 0 Å². The second-order valence-corrected chi connectivity index (χ2v) is 4.73. The second kappa shape index (κ2) is 5.26. The molecule has 1 aliphatic rings. The highest BCUT2D eigenvalue weighted by Gasteiger charge is 2.39. The monoisotopic (exact) mass is 262 g/mol. The summed E-state index contributed by atoms with van der Waals surface area (Å²) in [5.41, 5.74) is 4.52. The molecule has 4 nitrogen and oxygen atoms in total. The highest BCUT2D eigenvalue weighted by Crippen LogP contribution is 2.33. The molecule has 1 aliphatic carbocycles. The first-order valence-corrected chi connectivity index (χ1v) is 6.22. The van der Waals surface area contributed by atoms with E-state index >= 15 is 0 Å². The summed E-state index contributed by atoms with van der Waals surface area (Å²) in [5, 5.41) is 7.23. The van der Waals surface area contributed by atoms with Crippen LogP contribution in [-0.4, -0.2) is 21.5 Å². The molecule has 1 fully saturated rings. The van der Waals surface area contributed by atoms with E-state index in [1.165, 1.54) is 6.42 Å². The van der Waals surface area contributed by atoms with Crippen molar-refractivity contribution in [3.63, 3.8) is 0 Å². The van der Waals surface area contributed by atoms with E-state index in [-0.39, 0.29) is 25.2 Å². The third kappa shape index (κ3) is 2.82. The summed E-state index contributed by atoms with van der Waals surface area (Å²) >= 11 is 0. The molecule has 0 aromatic carbocycles. The lowest BCUT2D eigenvalue weighted by molar-refractivity contribution is -0.145. The largest absolute Gasteiger partial charge is 0.434 e. The number of aromatic nitrogens is 3. The van der Waals surface area contributed by atoms with Gasteiger partial charge in [0.2, 0.25) is 0 Å². The van der Waals surface area contributed by atoms with Crippen LogP contribution in [0.3, 0.4) is 0 Å². The molecule has 1 saturated carbocycles. The van der Waals surface area contributed by atoms with Crippen LogP contribution in [0.2, 0.25) is 0 Å². The minimum absolute atomic E-state index is 0.0430. The number of hydrogen-bond acceptors (Lipinski definition) is 3. The number of rotatable bonds is 5. The Kier molecular flexibility index (Phi) is 3.89. The van der Waals surface area contributed by atoms with Gasteiger partial charge >= 0.3 is 6.18 Å². The predicted octanol–water partition coefficient (Wildman–Crippen LogP) is 1.99. The average Bonchev–Trinajstić information content (AvgIpc) is 2.59. The van der Waals surface area contributed by atoms with Crippen LogP contribution in [0.25, 0.3) is 0 Å². The second-order valence-electron chi connectivity index (χ2n) is 4.73. The molecule has 0 amide bonds. The van der Waals surface area contributed by atoms with Crippen LogP contribution < -0.4 is 5.73 Å². The lowest BCUT2D eigenvalue weighted by atomic mass is 9.83. The van der Waals surface area contributed by atoms with E-state index in [0.717, 1.165) is 23.9 Å². The first kappa shape index (κ1) is 13.3. The summed E-state index contributed by atoms with van der Waals surface area (Å²) in [5.74, 6) is 0.549. The molecule has 1 heterocycles. The molecule has 0 aliphatic heterocycles. The maximum Gasteiger partial charge on any atom is 0.434 e. The summed E-state index contributed by atoms with van der Waals surface area (Å²) in [6.07, 6.45) is -0.135. The third-order valence-electron chi connectivity index (χ3n) is 3.43. The molecule has 7 heteroatoms. The minimum Gasteiger partial charge on any atom is -0.330 e. The Hall–Kier alpha value is -1.11. The Morgan fingerprint density at radius 1 is 1.33 bits per heavy atom. The molecule has 0 radical (unpaired) electrons. The topological polar surface area (TPSA) is 56.7 Å². The van der Waals surface area contributed by atoms with Crippen molar-refractivity contribution in [2.45, 2.75) is 44.8 Å². The van der Waals surface area contributed by atoms with Crippen molar-refractivity contribution >= 4 is 0 Å². The summed E-state index contributed by atoms with van der Waals surface area (Å²) in [4.78, 5) is 0. The fraction of sp³-hybridized carbons (Fsp3) is 0.818. The first-order chi connectivity index (χ1) is 8.52. The molecule has 2 N–H and O–H groups in total. The van der Waals surface area contributed by atoms with Gasteiger partial charge in [0.1, 0.15) is 0 Å². The van der Waals surface area contributed by atoms with E-state index in [1.807, 2.05) is 0 Å². The number of alkyl halides is 3. The third-order valence-corrected chi connectivity index (χ3v) is 3.43. The molecule has 18 heavy (non-hydrogen) atoms. The van der Waals surface area contributed by atoms with Crippen molar-refractivity contribution in [2.24, 2.45) is 11.7 Å². The molecule has 1 aromatic rings. The fourth-order valence-corrected chi connectivity index (χ4v) is 2.21. The summed E-state index contributed by atoms with van der Waals surface area (Å²) in [7, 11) is 0. The molecule has 0 saturated heterocycles. The van der Waals surface area contributed by atoms with Crippen molar-refractivity contribution < 1.29 is 13.2 Å². The molecule has 0 unspecified atom stereocenters. The number of nitrogens with two attached hydrogens (primary N) is 1. The van der Waals surface area contributed by atoms with E-state index in [1.54, 1.807) is 0 Å². The van der Waals surface area contributed by atoms with Crippen molar-refractivity contribution in [2.75, 3.05) is 6.54 Å². The van der Waals surface area contributed by atoms with Crippen molar-refractivity contribution in [3.8, 4) is 0 Å². The van der Waals surface area contributed by atoms with Gasteiger partial charge in [0.05, 0.1) is 5.69 Å². The average molecular weight is 262 g/mol. The molecular weight excluding hydrogens is 245 g/mol. The zero-order chi connectivity index (χ0) is 13.2. The minimum atomic E-state index is -4.41. The quantitative estimate of drug-likeness (QED) is 0.882. The predicted molar refractivity (Wildman–Crippen MR) is 59.7 cm³/mol. The molecule has 0 atom stereocenters. The Morgan fingerprint density at radius 2 is 2.06 bits per heavy atom. The van der Waals surface area contributed by atoms with Gasteiger partial charge < -0.3 is 5.73 Å². The SMILES string of the molecule is NCCc1nnn(CCC2CCC2)c1C(F)(F)F. The van der Waals surface area contributed by atoms with Crippen LogP contribution in [0.1, 0.15) is 37.1 Å². The smallest absolute Gasteiger partial charge is 0.330 e. The first-order valence-electron chi connectivity index (χ1n) is 6.22. The summed E-state index contributed by atoms with van der Waals surface area (Å²) in [6, 6.07) is 0. The van der Waals surface area contributed by atoms with Gasteiger partial charge in [-0.25, -0.2) is 4.68 Å². The highest BCUT2D eigenvalue weighted by molar-refractivity contribution is 5.14. The summed E-state index contributed by atoms with van der Waals surface area (Å²) < 4.78 is 39.8. The van der Waals surface area contributed by atoms with Crippen LogP contribution in [0.4, 0.5) is 13.2 Å². The van der Waals surface area contributed by atoms with Gasteiger partial charge in [-0.3, -0.25) is 0 Å². The molecule has 0 bridgehead atoms. The zero-order valence-electron chi connectivity index (χ0n) is 10.1. The van der Waals surface area contributed by atoms with Crippen LogP contribution in [-0.2, 0) is 19.1 Å². The van der Waals surface area contributed by atoms with Gasteiger partial charge in [0.25, 0.3) is 0 Å². The Morgan fingerprint density at radius 3 is 2.56 bits per heavy atom. The van der Waals surface area contributed by atoms with Crippen molar-refractivity contribution in [1.82, 2.24) is 15.0 Å². The van der Waals surface area contributed by atoms with E-state index in [9.17, 15) is 13.2 Å². The number of hydrogen-bond donors (Lipinski definition) is 1. The van der Waals surface area contributed by atoms with Gasteiger partial charge in [-0.1, -0.05) is 24.5 Å². The van der Waals surface area contributed by atoms with Crippen LogP contribution in [0, 0.1) is 5.92 Å². The van der Waals surface area contributed by atoms with Crippen molar-refractivity contribution in [1.29, 1.82) is 0 Å². The van der Waals surface area contributed by atoms with Crippen LogP contribution >= 0.6 is 0 Å². The van der Waals surface area contributed by atoms with E-state index < -0.39 is 11.9 Å². The van der Waals surface area contributed by atoms with Gasteiger partial charge in [-0.05, 0) is 18.9 Å². The Bertz CT molecular complexity index is 395. The van der Waals surface area contributed by atoms with Gasteiger partial charge in [0, 0.05) is 13.0 Å². The lowest BCUT2D eigenvalue weighted by Gasteiger charge is -2.25. The molecular formula is C11H17F3N4. The number of nitrogens with zero attached hydrogens (tertiary/aromatic N) is 3. The maximum atomic E-state index is 12.9. The molecule has 1 aromatic heterocycles. The zero-order valence-corrected chi connectivity index (χ0v) is 10.1. The van der Waals surface area contributed by atoms with Gasteiger partial charge in [-0.2, -0.15) is 13.2 Å². The van der Waals surface area contributed by atoms with Gasteiger partial charge in [-0.15, -0.1) is 5.10 Å². The fourth-order valence-electron chi connectivity index (χ4n) is 2.21. The highest BCUT2D eigenvalue weighted by atomic mass is 19.4. The Labute approximate surface area is 103 Å². The molecule has 0 spiro atoms. The van der Waals surface area contributed by atoms with Crippen LogP contribution in [0.15, 0.2) is 0 Å². The Balaban J connectivity index is 2.12. The lowest BCUT2D eigenvalue weighted by Crippen LogP contribution is -2.20. The number of aryl methyl sites for hydroxylation is 1. The van der Waals surface area contributed by atoms with Gasteiger partial charge in [0.15, 0.2) is 5.69 Å². The van der Waals surface area contributed by atoms with E-state index in [4.69, 9.17) is 5.73 Å². The van der Waals surface area contributed by atoms with E-state index in [0.29, 0.717) is 5.92 Å². The number of halogens is 3. The molecule has 102 valence electrons. The maximum absolute atomic E-state index is 12.9. The summed E-state index contributed by atoms with van der Waals surface area (Å²) in [6.45, 7) is 0.432. The normalized spacial score (nSPS) is 16.9.